The van der Waals surface area contributed by atoms with E-state index in [0.29, 0.717) is 21.7 Å². The molecule has 1 aromatic carbocycles. The lowest BCUT2D eigenvalue weighted by Crippen LogP contribution is -2.13. The van der Waals surface area contributed by atoms with Gasteiger partial charge in [-0.25, -0.2) is 4.98 Å². The smallest absolute Gasteiger partial charge is 0.279 e. The van der Waals surface area contributed by atoms with Crippen molar-refractivity contribution in [2.45, 2.75) is 11.9 Å². The summed E-state index contributed by atoms with van der Waals surface area (Å²) >= 11 is 3.28. The highest BCUT2D eigenvalue weighted by Crippen LogP contribution is 2.28. The SMILES string of the molecule is COc1ccc(Br)c(NS(=O)(=O)c2cnc(C)[nH]2)c1. The van der Waals surface area contributed by atoms with Gasteiger partial charge in [-0.3, -0.25) is 4.72 Å². The van der Waals surface area contributed by atoms with Gasteiger partial charge in [0, 0.05) is 10.5 Å². The van der Waals surface area contributed by atoms with Crippen LogP contribution in [0.15, 0.2) is 33.9 Å². The van der Waals surface area contributed by atoms with Crippen molar-refractivity contribution in [3.05, 3.63) is 34.7 Å². The van der Waals surface area contributed by atoms with Crippen LogP contribution >= 0.6 is 15.9 Å². The Labute approximate surface area is 119 Å². The number of halogens is 1. The molecule has 2 rings (SSSR count). The van der Waals surface area contributed by atoms with Crippen LogP contribution in [0.1, 0.15) is 5.82 Å². The van der Waals surface area contributed by atoms with E-state index in [1.807, 2.05) is 0 Å². The maximum Gasteiger partial charge on any atom is 0.279 e. The number of hydrogen-bond acceptors (Lipinski definition) is 4. The fourth-order valence-corrected chi connectivity index (χ4v) is 2.96. The highest BCUT2D eigenvalue weighted by atomic mass is 79.9. The van der Waals surface area contributed by atoms with E-state index in [1.54, 1.807) is 25.1 Å². The Kier molecular flexibility index (Phi) is 3.81. The number of anilines is 1. The van der Waals surface area contributed by atoms with Crippen molar-refractivity contribution in [2.24, 2.45) is 0 Å². The summed E-state index contributed by atoms with van der Waals surface area (Å²) in [5.41, 5.74) is 0.395. The number of aromatic amines is 1. The number of sulfonamides is 1. The Morgan fingerprint density at radius 2 is 2.16 bits per heavy atom. The zero-order chi connectivity index (χ0) is 14.0. The molecule has 0 aliphatic carbocycles. The van der Waals surface area contributed by atoms with Crippen LogP contribution in [0.5, 0.6) is 5.75 Å². The van der Waals surface area contributed by atoms with Crippen molar-refractivity contribution >= 4 is 31.6 Å². The number of methoxy groups -OCH3 is 1. The van der Waals surface area contributed by atoms with Crippen LogP contribution in [0.3, 0.4) is 0 Å². The molecule has 0 radical (unpaired) electrons. The van der Waals surface area contributed by atoms with Gasteiger partial charge in [-0.1, -0.05) is 0 Å². The number of aryl methyl sites for hydroxylation is 1. The number of H-pyrrole nitrogens is 1. The monoisotopic (exact) mass is 345 g/mol. The first-order valence-corrected chi connectivity index (χ1v) is 7.58. The van der Waals surface area contributed by atoms with Crippen molar-refractivity contribution in [1.29, 1.82) is 0 Å². The van der Waals surface area contributed by atoms with E-state index in [-0.39, 0.29) is 5.03 Å². The summed E-state index contributed by atoms with van der Waals surface area (Å²) < 4.78 is 32.4. The van der Waals surface area contributed by atoms with Gasteiger partial charge in [0.25, 0.3) is 10.0 Å². The van der Waals surface area contributed by atoms with Crippen LogP contribution in [0.4, 0.5) is 5.69 Å². The molecule has 0 unspecified atom stereocenters. The third kappa shape index (κ3) is 3.07. The number of ether oxygens (including phenoxy) is 1. The van der Waals surface area contributed by atoms with Gasteiger partial charge in [-0.05, 0) is 35.0 Å². The van der Waals surface area contributed by atoms with E-state index in [9.17, 15) is 8.42 Å². The van der Waals surface area contributed by atoms with Gasteiger partial charge in [0.1, 0.15) is 11.6 Å². The van der Waals surface area contributed by atoms with E-state index in [2.05, 4.69) is 30.6 Å². The predicted octanol–water partition coefficient (Wildman–Crippen LogP) is 2.29. The third-order valence-electron chi connectivity index (χ3n) is 2.39. The molecule has 8 heteroatoms. The molecule has 0 fully saturated rings. The number of aromatic nitrogens is 2. The first kappa shape index (κ1) is 13.9. The Balaban J connectivity index is 2.35. The molecule has 0 aliphatic rings. The molecule has 0 aliphatic heterocycles. The Morgan fingerprint density at radius 3 is 2.74 bits per heavy atom. The van der Waals surface area contributed by atoms with Crippen LogP contribution < -0.4 is 9.46 Å². The van der Waals surface area contributed by atoms with Crippen molar-refractivity contribution in [1.82, 2.24) is 9.97 Å². The maximum absolute atomic E-state index is 12.1. The molecule has 2 aromatic rings. The zero-order valence-corrected chi connectivity index (χ0v) is 12.7. The minimum atomic E-state index is -3.69. The second-order valence-electron chi connectivity index (χ2n) is 3.78. The summed E-state index contributed by atoms with van der Waals surface area (Å²) in [5.74, 6) is 1.09. The van der Waals surface area contributed by atoms with E-state index in [4.69, 9.17) is 4.74 Å². The molecule has 0 bridgehead atoms. The lowest BCUT2D eigenvalue weighted by molar-refractivity contribution is 0.415. The molecular formula is C11H12BrN3O3S. The normalized spacial score (nSPS) is 11.3. The molecule has 0 saturated heterocycles. The summed E-state index contributed by atoms with van der Waals surface area (Å²) in [5, 5.41) is 0.0136. The summed E-state index contributed by atoms with van der Waals surface area (Å²) in [6, 6.07) is 5.02. The zero-order valence-electron chi connectivity index (χ0n) is 10.3. The number of rotatable bonds is 4. The third-order valence-corrected chi connectivity index (χ3v) is 4.35. The highest BCUT2D eigenvalue weighted by Gasteiger charge is 2.18. The predicted molar refractivity (Wildman–Crippen MR) is 74.8 cm³/mol. The molecule has 0 saturated carbocycles. The fourth-order valence-electron chi connectivity index (χ4n) is 1.44. The standard InChI is InChI=1S/C11H12BrN3O3S/c1-7-13-6-11(14-7)19(16,17)15-10-5-8(18-2)3-4-9(10)12/h3-6,15H,1-2H3,(H,13,14). The van der Waals surface area contributed by atoms with Crippen molar-refractivity contribution in [3.63, 3.8) is 0 Å². The van der Waals surface area contributed by atoms with E-state index in [1.165, 1.54) is 13.3 Å². The topological polar surface area (TPSA) is 84.1 Å². The summed E-state index contributed by atoms with van der Waals surface area (Å²) in [7, 11) is -2.18. The van der Waals surface area contributed by atoms with Crippen LogP contribution in [0.2, 0.25) is 0 Å². The molecule has 0 atom stereocenters. The quantitative estimate of drug-likeness (QED) is 0.890. The molecule has 102 valence electrons. The van der Waals surface area contributed by atoms with E-state index >= 15 is 0 Å². The number of nitrogens with one attached hydrogen (secondary N) is 2. The lowest BCUT2D eigenvalue weighted by Gasteiger charge is -2.09. The highest BCUT2D eigenvalue weighted by molar-refractivity contribution is 9.10. The number of hydrogen-bond donors (Lipinski definition) is 2. The van der Waals surface area contributed by atoms with Gasteiger partial charge in [-0.15, -0.1) is 0 Å². The first-order chi connectivity index (χ1) is 8.92. The van der Waals surface area contributed by atoms with Gasteiger partial charge in [0.2, 0.25) is 0 Å². The Bertz CT molecular complexity index is 697. The lowest BCUT2D eigenvalue weighted by atomic mass is 10.3. The van der Waals surface area contributed by atoms with Crippen LogP contribution in [0.25, 0.3) is 0 Å². The Hall–Kier alpha value is -1.54. The molecule has 6 nitrogen and oxygen atoms in total. The minimum Gasteiger partial charge on any atom is -0.497 e. The van der Waals surface area contributed by atoms with E-state index in [0.717, 1.165) is 0 Å². The van der Waals surface area contributed by atoms with E-state index < -0.39 is 10.0 Å². The number of benzene rings is 1. The van der Waals surface area contributed by atoms with Crippen molar-refractivity contribution in [3.8, 4) is 5.75 Å². The van der Waals surface area contributed by atoms with Crippen molar-refractivity contribution in [2.75, 3.05) is 11.8 Å². The molecule has 2 N–H and O–H groups in total. The van der Waals surface area contributed by atoms with Crippen LogP contribution in [-0.4, -0.2) is 25.5 Å². The average molecular weight is 346 g/mol. The second-order valence-corrected chi connectivity index (χ2v) is 6.29. The fraction of sp³-hybridized carbons (Fsp3) is 0.182. The molecule has 19 heavy (non-hydrogen) atoms. The van der Waals surface area contributed by atoms with Gasteiger partial charge in [0.05, 0.1) is 19.0 Å². The maximum atomic E-state index is 12.1. The minimum absolute atomic E-state index is 0.0136. The molecule has 1 heterocycles. The van der Waals surface area contributed by atoms with Crippen molar-refractivity contribution < 1.29 is 13.2 Å². The first-order valence-electron chi connectivity index (χ1n) is 5.30. The molecule has 0 spiro atoms. The van der Waals surface area contributed by atoms with Gasteiger partial charge in [-0.2, -0.15) is 8.42 Å². The summed E-state index contributed by atoms with van der Waals surface area (Å²) in [6.07, 6.45) is 1.27. The largest absolute Gasteiger partial charge is 0.497 e. The molecule has 1 aromatic heterocycles. The van der Waals surface area contributed by atoms with Gasteiger partial charge in [0.15, 0.2) is 5.03 Å². The number of nitrogens with zero attached hydrogens (tertiary/aromatic N) is 1. The van der Waals surface area contributed by atoms with Gasteiger partial charge < -0.3 is 9.72 Å². The van der Waals surface area contributed by atoms with Crippen LogP contribution in [0, 0.1) is 6.92 Å². The Morgan fingerprint density at radius 1 is 1.42 bits per heavy atom. The summed E-state index contributed by atoms with van der Waals surface area (Å²) in [6.45, 7) is 1.68. The van der Waals surface area contributed by atoms with Crippen LogP contribution in [-0.2, 0) is 10.0 Å². The second kappa shape index (κ2) is 5.22. The average Bonchev–Trinajstić information content (AvgIpc) is 2.79. The van der Waals surface area contributed by atoms with Gasteiger partial charge >= 0.3 is 0 Å². The molecular weight excluding hydrogens is 334 g/mol. The molecule has 0 amide bonds. The summed E-state index contributed by atoms with van der Waals surface area (Å²) in [4.78, 5) is 6.55. The number of imidazole rings is 1.